The zero-order valence-electron chi connectivity index (χ0n) is 8.68. The van der Waals surface area contributed by atoms with E-state index in [1.165, 1.54) is 0 Å². The Bertz CT molecular complexity index is 329. The molecule has 3 N–H and O–H groups in total. The largest absolute Gasteiger partial charge is 0.352 e. The Kier molecular flexibility index (Phi) is 6.92. The molecule has 0 aliphatic heterocycles. The summed E-state index contributed by atoms with van der Waals surface area (Å²) in [6.45, 7) is 4.31. The van der Waals surface area contributed by atoms with E-state index in [0.29, 0.717) is 16.6 Å². The second kappa shape index (κ2) is 7.37. The molecule has 0 bridgehead atoms. The maximum Gasteiger partial charge on any atom is 0.312 e. The molecule has 5 heteroatoms. The van der Waals surface area contributed by atoms with Crippen molar-refractivity contribution < 1.29 is 4.79 Å². The fourth-order valence-electron chi connectivity index (χ4n) is 0.847. The Morgan fingerprint density at radius 1 is 1.40 bits per heavy atom. The van der Waals surface area contributed by atoms with E-state index in [-0.39, 0.29) is 0 Å². The summed E-state index contributed by atoms with van der Waals surface area (Å²) < 4.78 is 0. The number of hydrogen-bond donors (Lipinski definition) is 2. The van der Waals surface area contributed by atoms with E-state index < -0.39 is 6.03 Å². The van der Waals surface area contributed by atoms with Gasteiger partial charge >= 0.3 is 6.03 Å². The summed E-state index contributed by atoms with van der Waals surface area (Å²) in [5.41, 5.74) is 5.68. The fourth-order valence-corrected chi connectivity index (χ4v) is 1.32. The molecule has 3 nitrogen and oxygen atoms in total. The third-order valence-corrected chi connectivity index (χ3v) is 2.06. The van der Waals surface area contributed by atoms with E-state index in [1.54, 1.807) is 18.2 Å². The van der Waals surface area contributed by atoms with Gasteiger partial charge in [-0.2, -0.15) is 0 Å². The molecule has 1 aromatic carbocycles. The van der Waals surface area contributed by atoms with Crippen LogP contribution in [0.25, 0.3) is 0 Å². The van der Waals surface area contributed by atoms with Crippen molar-refractivity contribution in [1.29, 1.82) is 0 Å². The van der Waals surface area contributed by atoms with Crippen molar-refractivity contribution in [3.63, 3.8) is 0 Å². The highest BCUT2D eigenvalue weighted by Gasteiger charge is 2.01. The highest BCUT2D eigenvalue weighted by Crippen LogP contribution is 2.20. The molecule has 1 aromatic rings. The van der Waals surface area contributed by atoms with Crippen molar-refractivity contribution >= 4 is 29.2 Å². The number of amides is 2. The van der Waals surface area contributed by atoms with E-state index in [0.717, 1.165) is 5.56 Å². The van der Waals surface area contributed by atoms with Gasteiger partial charge in [0.1, 0.15) is 0 Å². The quantitative estimate of drug-likeness (QED) is 0.830. The highest BCUT2D eigenvalue weighted by molar-refractivity contribution is 6.35. The molecule has 84 valence electrons. The first-order valence-corrected chi connectivity index (χ1v) is 5.32. The molecule has 0 aliphatic carbocycles. The van der Waals surface area contributed by atoms with Crippen LogP contribution in [0.2, 0.25) is 10.0 Å². The van der Waals surface area contributed by atoms with E-state index in [2.05, 4.69) is 5.32 Å². The maximum absolute atomic E-state index is 10.4. The van der Waals surface area contributed by atoms with Crippen molar-refractivity contribution in [2.24, 2.45) is 5.73 Å². The number of carbonyl (C=O) groups excluding carboxylic acids is 1. The number of halogens is 2. The first kappa shape index (κ1) is 14.1. The van der Waals surface area contributed by atoms with E-state index >= 15 is 0 Å². The summed E-state index contributed by atoms with van der Waals surface area (Å²) in [5.74, 6) is 0. The van der Waals surface area contributed by atoms with Gasteiger partial charge in [-0.1, -0.05) is 43.1 Å². The molecule has 15 heavy (non-hydrogen) atoms. The van der Waals surface area contributed by atoms with Gasteiger partial charge in [0, 0.05) is 16.6 Å². The number of carbonyl (C=O) groups is 1. The first-order chi connectivity index (χ1) is 7.09. The lowest BCUT2D eigenvalue weighted by molar-refractivity contribution is 0.248. The Labute approximate surface area is 99.6 Å². The minimum Gasteiger partial charge on any atom is -0.352 e. The second-order valence-corrected chi connectivity index (χ2v) is 3.30. The zero-order chi connectivity index (χ0) is 11.8. The molecule has 2 amide bonds. The summed E-state index contributed by atoms with van der Waals surface area (Å²) in [6, 6.07) is 4.47. The van der Waals surface area contributed by atoms with Gasteiger partial charge in [0.2, 0.25) is 0 Å². The van der Waals surface area contributed by atoms with Crippen LogP contribution in [0.5, 0.6) is 0 Å². The summed E-state index contributed by atoms with van der Waals surface area (Å²) >= 11 is 11.5. The number of urea groups is 1. The molecule has 0 radical (unpaired) electrons. The maximum atomic E-state index is 10.4. The number of rotatable bonds is 2. The van der Waals surface area contributed by atoms with Gasteiger partial charge < -0.3 is 11.1 Å². The van der Waals surface area contributed by atoms with Gasteiger partial charge in [0.05, 0.1) is 0 Å². The molecule has 0 spiro atoms. The normalized spacial score (nSPS) is 8.80. The minimum absolute atomic E-state index is 0.311. The monoisotopic (exact) mass is 248 g/mol. The molecule has 0 aromatic heterocycles. The lowest BCUT2D eigenvalue weighted by atomic mass is 10.2. The van der Waals surface area contributed by atoms with Crippen LogP contribution in [0.3, 0.4) is 0 Å². The molecule has 0 saturated carbocycles. The Hall–Kier alpha value is -0.930. The number of hydrogen-bond acceptors (Lipinski definition) is 1. The van der Waals surface area contributed by atoms with Gasteiger partial charge in [0.25, 0.3) is 0 Å². The van der Waals surface area contributed by atoms with Crippen LogP contribution in [0.1, 0.15) is 19.4 Å². The average Bonchev–Trinajstić information content (AvgIpc) is 2.19. The lowest BCUT2D eigenvalue weighted by Crippen LogP contribution is -2.28. The Morgan fingerprint density at radius 2 is 2.00 bits per heavy atom. The Morgan fingerprint density at radius 3 is 2.47 bits per heavy atom. The third-order valence-electron chi connectivity index (χ3n) is 1.47. The van der Waals surface area contributed by atoms with E-state index in [1.807, 2.05) is 13.8 Å². The van der Waals surface area contributed by atoms with Crippen molar-refractivity contribution in [1.82, 2.24) is 5.32 Å². The van der Waals surface area contributed by atoms with Crippen LogP contribution in [-0.4, -0.2) is 6.03 Å². The van der Waals surface area contributed by atoms with Gasteiger partial charge in [0.15, 0.2) is 0 Å². The first-order valence-electron chi connectivity index (χ1n) is 4.57. The molecule has 0 fully saturated rings. The van der Waals surface area contributed by atoms with Crippen LogP contribution in [0.4, 0.5) is 4.79 Å². The van der Waals surface area contributed by atoms with Crippen LogP contribution < -0.4 is 11.1 Å². The van der Waals surface area contributed by atoms with Crippen LogP contribution >= 0.6 is 23.2 Å². The second-order valence-electron chi connectivity index (χ2n) is 2.45. The molecule has 0 saturated heterocycles. The van der Waals surface area contributed by atoms with Crippen molar-refractivity contribution in [3.8, 4) is 0 Å². The van der Waals surface area contributed by atoms with Gasteiger partial charge in [-0.3, -0.25) is 0 Å². The predicted octanol–water partition coefficient (Wildman–Crippen LogP) is 3.19. The molecule has 1 rings (SSSR count). The Balaban J connectivity index is 0.000000921. The molecule has 0 unspecified atom stereocenters. The topological polar surface area (TPSA) is 55.1 Å². The van der Waals surface area contributed by atoms with Crippen molar-refractivity contribution in [3.05, 3.63) is 33.8 Å². The SMILES string of the molecule is CC.NC(=O)NCc1ccc(Cl)cc1Cl. The van der Waals surface area contributed by atoms with Crippen molar-refractivity contribution in [2.45, 2.75) is 20.4 Å². The number of nitrogens with one attached hydrogen (secondary N) is 1. The van der Waals surface area contributed by atoms with E-state index in [4.69, 9.17) is 28.9 Å². The number of primary amides is 1. The smallest absolute Gasteiger partial charge is 0.312 e. The van der Waals surface area contributed by atoms with Gasteiger partial charge in [-0.05, 0) is 17.7 Å². The summed E-state index contributed by atoms with van der Waals surface area (Å²) in [6.07, 6.45) is 0. The molecular formula is C10H14Cl2N2O. The average molecular weight is 249 g/mol. The van der Waals surface area contributed by atoms with Crippen LogP contribution in [0.15, 0.2) is 18.2 Å². The zero-order valence-corrected chi connectivity index (χ0v) is 10.2. The summed E-state index contributed by atoms with van der Waals surface area (Å²) in [4.78, 5) is 10.4. The molecule has 0 atom stereocenters. The summed E-state index contributed by atoms with van der Waals surface area (Å²) in [5, 5.41) is 3.51. The fraction of sp³-hybridized carbons (Fsp3) is 0.300. The predicted molar refractivity (Wildman–Crippen MR) is 64.2 cm³/mol. The minimum atomic E-state index is -0.578. The van der Waals surface area contributed by atoms with Crippen LogP contribution in [-0.2, 0) is 6.54 Å². The van der Waals surface area contributed by atoms with Crippen molar-refractivity contribution in [2.75, 3.05) is 0 Å². The van der Waals surface area contributed by atoms with E-state index in [9.17, 15) is 4.79 Å². The molecule has 0 aliphatic rings. The number of benzene rings is 1. The third kappa shape index (κ3) is 5.50. The van der Waals surface area contributed by atoms with Gasteiger partial charge in [-0.25, -0.2) is 4.79 Å². The molecular weight excluding hydrogens is 235 g/mol. The summed E-state index contributed by atoms with van der Waals surface area (Å²) in [7, 11) is 0. The van der Waals surface area contributed by atoms with Gasteiger partial charge in [-0.15, -0.1) is 0 Å². The lowest BCUT2D eigenvalue weighted by Gasteiger charge is -2.04. The highest BCUT2D eigenvalue weighted by atomic mass is 35.5. The van der Waals surface area contributed by atoms with Crippen LogP contribution in [0, 0.1) is 0 Å². The molecule has 0 heterocycles. The number of nitrogens with two attached hydrogens (primary N) is 1. The standard InChI is InChI=1S/C8H8Cl2N2O.C2H6/c9-6-2-1-5(7(10)3-6)4-12-8(11)13;1-2/h1-3H,4H2,(H3,11,12,13);1-2H3.